The molecular formula is C65H97AlLiN9O11S3. The molecule has 1 amide bonds. The number of hydrogen-bond donors (Lipinski definition) is 3. The predicted molar refractivity (Wildman–Crippen MR) is 356 cm³/mol. The number of alkyl carbamates (subject to hydrolysis) is 1. The monoisotopic (exact) mass is 1310 g/mol. The van der Waals surface area contributed by atoms with Crippen LogP contribution in [0.2, 0.25) is 0 Å². The Morgan fingerprint density at radius 2 is 0.844 bits per heavy atom. The topological polar surface area (TPSA) is 252 Å². The van der Waals surface area contributed by atoms with Crippen molar-refractivity contribution in [1.29, 1.82) is 0 Å². The van der Waals surface area contributed by atoms with Crippen molar-refractivity contribution in [2.45, 2.75) is 263 Å². The number of hydrogen-bond acceptors (Lipinski definition) is 22. The molecule has 7 aliphatic rings. The van der Waals surface area contributed by atoms with E-state index in [1.807, 2.05) is 43.4 Å². The Labute approximate surface area is 566 Å². The van der Waals surface area contributed by atoms with Crippen molar-refractivity contribution in [3.05, 3.63) is 50.3 Å². The largest absolute Gasteiger partial charge is 1.00 e. The fourth-order valence-electron chi connectivity index (χ4n) is 12.0. The number of nitrogens with one attached hydrogen (secondary N) is 2. The van der Waals surface area contributed by atoms with E-state index >= 15 is 0 Å². The van der Waals surface area contributed by atoms with Crippen molar-refractivity contribution in [2.75, 3.05) is 20.3 Å². The summed E-state index contributed by atoms with van der Waals surface area (Å²) >= 11 is 5.42. The first kappa shape index (κ1) is 73.0. The molecule has 0 radical (unpaired) electrons. The van der Waals surface area contributed by atoms with Crippen molar-refractivity contribution in [3.63, 3.8) is 0 Å². The van der Waals surface area contributed by atoms with Crippen LogP contribution >= 0.6 is 34.0 Å². The average molecular weight is 1310 g/mol. The van der Waals surface area contributed by atoms with Gasteiger partial charge in [0.25, 0.3) is 0 Å². The standard InChI is InChI=1S/C20H27N3O3S.C16H21N3OS.C15H19N3OS.C10H18O5.C4H8O.Al.Li.4H/c1-20(2,3)26-19(24)23-12-7-9-13(10-8-12)25-17-16-14-5-4-6-15(14)27-18(16)22-11-21-17;1-17-10-5-7-11(8-6-10)20-15-14-12-3-2-4-13(12)21-16(14)19-9-18-15;16-9-4-6-10(7-5-9)19-14-13-11-2-1-3-12(11)20-15(13)18-8-17-14;1-9(2,3)14-7(11)13-8(12)15-10(4,5)6;1-2-4-5-3-1;;;;;;/h11-13H,4-10H2,1-3H3,(H,23,24);9-11,17H,2-8H2,1H3;8-10H,1-7,16H2;1-6H3;1-4H2;;;;;;/q;;;;;;+1;;;;-1. The summed E-state index contributed by atoms with van der Waals surface area (Å²) in [5, 5.41) is 9.86. The van der Waals surface area contributed by atoms with Gasteiger partial charge in [-0.1, -0.05) is 0 Å². The van der Waals surface area contributed by atoms with Gasteiger partial charge < -0.3 is 55.7 Å². The van der Waals surface area contributed by atoms with E-state index in [1.165, 1.54) is 99.9 Å². The van der Waals surface area contributed by atoms with Crippen molar-refractivity contribution >= 4 is 100 Å². The summed E-state index contributed by atoms with van der Waals surface area (Å²) in [5.41, 5.74) is 8.38. The van der Waals surface area contributed by atoms with E-state index in [0.717, 1.165) is 141 Å². The number of amides is 1. The zero-order chi connectivity index (χ0) is 62.6. The molecule has 13 rings (SSSR count). The van der Waals surface area contributed by atoms with Crippen LogP contribution < -0.4 is 49.4 Å². The Bertz CT molecular complexity index is 3260. The molecule has 7 heterocycles. The molecule has 1 aliphatic heterocycles. The maximum Gasteiger partial charge on any atom is 1.00 e. The Balaban J connectivity index is 0.000000189. The zero-order valence-electron chi connectivity index (χ0n) is 55.3. The van der Waals surface area contributed by atoms with Gasteiger partial charge in [0.1, 0.15) is 68.6 Å². The Kier molecular flexibility index (Phi) is 27.2. The van der Waals surface area contributed by atoms with Gasteiger partial charge in [-0.3, -0.25) is 0 Å². The summed E-state index contributed by atoms with van der Waals surface area (Å²) in [6.07, 6.45) is 28.8. The number of nitrogens with zero attached hydrogens (tertiary/aromatic N) is 6. The van der Waals surface area contributed by atoms with Crippen molar-refractivity contribution in [1.82, 2.24) is 40.5 Å². The first-order valence-electron chi connectivity index (χ1n) is 31.9. The smallest absolute Gasteiger partial charge is 1.00 e. The Morgan fingerprint density at radius 3 is 1.17 bits per heavy atom. The molecule has 0 aromatic carbocycles. The number of carbonyl (C=O) groups excluding carboxylic acids is 3. The maximum absolute atomic E-state index is 11.9. The molecule has 20 nitrogen and oxygen atoms in total. The van der Waals surface area contributed by atoms with E-state index < -0.39 is 29.1 Å². The summed E-state index contributed by atoms with van der Waals surface area (Å²) in [6, 6.07) is 1.15. The summed E-state index contributed by atoms with van der Waals surface area (Å²) in [4.78, 5) is 68.2. The van der Waals surface area contributed by atoms with Gasteiger partial charge in [-0.25, -0.2) is 44.3 Å². The number of aryl methyl sites for hydroxylation is 6. The average Bonchev–Trinajstić information content (AvgIpc) is 1.74. The second kappa shape index (κ2) is 33.6. The summed E-state index contributed by atoms with van der Waals surface area (Å²) in [5.74, 6) is 2.37. The Morgan fingerprint density at radius 1 is 0.500 bits per heavy atom. The van der Waals surface area contributed by atoms with Crippen LogP contribution in [0.5, 0.6) is 17.6 Å². The predicted octanol–water partition coefficient (Wildman–Crippen LogP) is 9.92. The van der Waals surface area contributed by atoms with Crippen LogP contribution in [-0.4, -0.2) is 139 Å². The number of thiophene rings is 3. The Hall–Kier alpha value is -4.46. The fraction of sp³-hybridized carbons (Fsp3) is 0.677. The molecule has 6 aromatic rings. The van der Waals surface area contributed by atoms with Crippen LogP contribution in [0.1, 0.15) is 204 Å². The van der Waals surface area contributed by atoms with Crippen LogP contribution in [0.15, 0.2) is 19.0 Å². The van der Waals surface area contributed by atoms with Crippen LogP contribution in [0.25, 0.3) is 30.6 Å². The summed E-state index contributed by atoms with van der Waals surface area (Å²) in [6.45, 7) is 17.6. The van der Waals surface area contributed by atoms with Gasteiger partial charge in [0.05, 0.1) is 16.2 Å². The molecule has 0 unspecified atom stereocenters. The number of ether oxygens (including phenoxy) is 8. The molecular weight excluding hydrogens is 1210 g/mol. The van der Waals surface area contributed by atoms with Crippen molar-refractivity contribution in [2.24, 2.45) is 5.73 Å². The van der Waals surface area contributed by atoms with E-state index in [9.17, 15) is 14.4 Å². The van der Waals surface area contributed by atoms with Crippen LogP contribution in [0, 0.1) is 0 Å². The van der Waals surface area contributed by atoms with E-state index in [-0.39, 0.29) is 62.0 Å². The third-order valence-corrected chi connectivity index (χ3v) is 19.8. The number of rotatable bonds is 8. The van der Waals surface area contributed by atoms with Gasteiger partial charge in [-0.05, 0) is 234 Å². The van der Waals surface area contributed by atoms with E-state index in [0.29, 0.717) is 18.2 Å². The minimum Gasteiger partial charge on any atom is -1.00 e. The molecule has 1 saturated heterocycles. The quantitative estimate of drug-likeness (QED) is 0.0554. The molecule has 0 atom stereocenters. The zero-order valence-corrected chi connectivity index (χ0v) is 56.8. The van der Waals surface area contributed by atoms with Crippen molar-refractivity contribution in [3.8, 4) is 17.6 Å². The third kappa shape index (κ3) is 21.3. The van der Waals surface area contributed by atoms with E-state index in [1.54, 1.807) is 71.9 Å². The van der Waals surface area contributed by atoms with Gasteiger partial charge in [-0.2, -0.15) is 0 Å². The first-order valence-corrected chi connectivity index (χ1v) is 34.4. The molecule has 25 heteroatoms. The van der Waals surface area contributed by atoms with Gasteiger partial charge in [0.2, 0.25) is 17.6 Å². The maximum atomic E-state index is 11.9. The number of aromatic nitrogens is 6. The summed E-state index contributed by atoms with van der Waals surface area (Å²) < 4.78 is 42.9. The first-order chi connectivity index (χ1) is 42.0. The van der Waals surface area contributed by atoms with E-state index in [2.05, 4.69) is 52.3 Å². The summed E-state index contributed by atoms with van der Waals surface area (Å²) in [7, 11) is 2.05. The van der Waals surface area contributed by atoms with Crippen LogP contribution in [0.3, 0.4) is 0 Å². The number of nitrogens with two attached hydrogens (primary N) is 1. The molecule has 4 N–H and O–H groups in total. The molecule has 0 bridgehead atoms. The van der Waals surface area contributed by atoms with Crippen LogP contribution in [0.4, 0.5) is 14.4 Å². The second-order valence-electron chi connectivity index (χ2n) is 26.8. The number of carbonyl (C=O) groups is 3. The minimum absolute atomic E-state index is 0. The van der Waals surface area contributed by atoms with Gasteiger partial charge in [-0.15, -0.1) is 34.0 Å². The van der Waals surface area contributed by atoms with Gasteiger partial charge in [0.15, 0.2) is 17.4 Å². The van der Waals surface area contributed by atoms with Gasteiger partial charge in [0, 0.05) is 46.0 Å². The van der Waals surface area contributed by atoms with Crippen LogP contribution in [-0.2, 0) is 62.2 Å². The molecule has 90 heavy (non-hydrogen) atoms. The molecule has 490 valence electrons. The third-order valence-electron chi connectivity index (χ3n) is 16.2. The molecule has 6 aliphatic carbocycles. The second-order valence-corrected chi connectivity index (χ2v) is 30.0. The SMILES string of the molecule is C1CCOC1.CC(C)(C)OC(=O)NC1CCC(Oc2ncnc3sc4c(c23)CCC4)CC1.CC(C)(C)OC(=O)OC(=O)OC(C)(C)C.CNC1CCC(Oc2ncnc3sc4c(c23)CCC4)CC1.NC1CCC(Oc2ncnc3sc4c(c23)CCC4)CC1.[AlH3].[H-].[Li+]. The normalized spacial score (nSPS) is 21.7. The molecule has 3 saturated carbocycles. The number of fused-ring (bicyclic) bond motifs is 9. The molecule has 0 spiro atoms. The van der Waals surface area contributed by atoms with E-state index in [4.69, 9.17) is 38.9 Å². The minimum atomic E-state index is -1.06. The van der Waals surface area contributed by atoms with Crippen molar-refractivity contribution < 1.29 is 72.6 Å². The molecule has 4 fully saturated rings. The van der Waals surface area contributed by atoms with Gasteiger partial charge >= 0.3 is 37.3 Å². The molecule has 6 aromatic heterocycles. The fourth-order valence-corrected chi connectivity index (χ4v) is 15.7.